The lowest BCUT2D eigenvalue weighted by Crippen LogP contribution is -2.39. The number of carbonyl (C=O) groups is 2. The largest absolute Gasteiger partial charge is 0.504 e. The Morgan fingerprint density at radius 1 is 0.875 bits per heavy atom. The number of rotatable bonds is 7. The molecule has 0 saturated heterocycles. The average molecular weight is 548 g/mol. The fraction of sp³-hybridized carbons (Fsp3) is 0.469. The van der Waals surface area contributed by atoms with Crippen LogP contribution in [0.1, 0.15) is 74.8 Å². The molecule has 2 aromatic carbocycles. The van der Waals surface area contributed by atoms with Gasteiger partial charge in [-0.05, 0) is 80.3 Å². The number of benzene rings is 2. The van der Waals surface area contributed by atoms with Crippen molar-refractivity contribution in [2.75, 3.05) is 21.3 Å². The molecule has 0 amide bonds. The Kier molecular flexibility index (Phi) is 8.14. The topological polar surface area (TPSA) is 104 Å². The number of aromatic hydroxyl groups is 1. The van der Waals surface area contributed by atoms with Crippen molar-refractivity contribution in [3.05, 3.63) is 58.8 Å². The molecule has 8 nitrogen and oxygen atoms in total. The standard InChI is InChI=1S/C32H37NO7/c1-18-29(32(36)40-22-8-6-5-7-9-22)30(20-10-12-24(34)27(17-20)38-3)31-23(33-18)14-21(15-25(31)35)19-11-13-26(37-2)28(16-19)39-4/h10-13,16-17,21-22,29-30,34H,5-9,14-15H2,1-4H3/t21-,29?,30+/m1/s1. The Balaban J connectivity index is 1.54. The molecule has 1 heterocycles. The summed E-state index contributed by atoms with van der Waals surface area (Å²) in [6.45, 7) is 1.84. The molecule has 0 radical (unpaired) electrons. The fourth-order valence-corrected chi connectivity index (χ4v) is 6.38. The normalized spacial score (nSPS) is 23.2. The van der Waals surface area contributed by atoms with Crippen LogP contribution in [-0.4, -0.2) is 50.0 Å². The number of methoxy groups -OCH3 is 3. The zero-order chi connectivity index (χ0) is 28.4. The van der Waals surface area contributed by atoms with Crippen molar-refractivity contribution in [3.63, 3.8) is 0 Å². The maximum atomic E-state index is 13.9. The Bertz CT molecular complexity index is 1360. The van der Waals surface area contributed by atoms with Crippen LogP contribution in [0.4, 0.5) is 0 Å². The van der Waals surface area contributed by atoms with Gasteiger partial charge in [0.25, 0.3) is 0 Å². The summed E-state index contributed by atoms with van der Waals surface area (Å²) in [7, 11) is 4.66. The van der Waals surface area contributed by atoms with Gasteiger partial charge in [0.2, 0.25) is 0 Å². The van der Waals surface area contributed by atoms with Crippen LogP contribution in [0.2, 0.25) is 0 Å². The highest BCUT2D eigenvalue weighted by atomic mass is 16.5. The summed E-state index contributed by atoms with van der Waals surface area (Å²) in [4.78, 5) is 32.6. The van der Waals surface area contributed by atoms with Crippen LogP contribution < -0.4 is 14.2 Å². The maximum absolute atomic E-state index is 13.9. The number of hydrogen-bond acceptors (Lipinski definition) is 8. The number of hydrogen-bond donors (Lipinski definition) is 1. The summed E-state index contributed by atoms with van der Waals surface area (Å²) in [5.41, 5.74) is 3.53. The molecule has 1 aliphatic heterocycles. The quantitative estimate of drug-likeness (QED) is 0.433. The van der Waals surface area contributed by atoms with Crippen LogP contribution in [0.15, 0.2) is 52.7 Å². The van der Waals surface area contributed by atoms with Gasteiger partial charge < -0.3 is 24.1 Å². The van der Waals surface area contributed by atoms with E-state index < -0.39 is 11.8 Å². The minimum atomic E-state index is -0.739. The van der Waals surface area contributed by atoms with Gasteiger partial charge in [-0.25, -0.2) is 0 Å². The van der Waals surface area contributed by atoms with Gasteiger partial charge in [-0.3, -0.25) is 14.6 Å². The van der Waals surface area contributed by atoms with Gasteiger partial charge in [0.1, 0.15) is 12.0 Å². The minimum absolute atomic E-state index is 0.00790. The van der Waals surface area contributed by atoms with E-state index in [-0.39, 0.29) is 41.7 Å². The third-order valence-electron chi connectivity index (χ3n) is 8.42. The van der Waals surface area contributed by atoms with E-state index in [0.29, 0.717) is 40.5 Å². The molecule has 2 aromatic rings. The van der Waals surface area contributed by atoms with Crippen LogP contribution in [0.3, 0.4) is 0 Å². The first kappa shape index (κ1) is 27.7. The highest BCUT2D eigenvalue weighted by Gasteiger charge is 2.45. The highest BCUT2D eigenvalue weighted by Crippen LogP contribution is 2.48. The van der Waals surface area contributed by atoms with Gasteiger partial charge in [-0.1, -0.05) is 18.6 Å². The molecule has 1 fully saturated rings. The van der Waals surface area contributed by atoms with Crippen molar-refractivity contribution in [1.29, 1.82) is 0 Å². The van der Waals surface area contributed by atoms with Crippen LogP contribution in [0.5, 0.6) is 23.0 Å². The predicted octanol–water partition coefficient (Wildman–Crippen LogP) is 5.87. The van der Waals surface area contributed by atoms with Crippen molar-refractivity contribution in [2.45, 2.75) is 69.8 Å². The molecule has 8 heteroatoms. The van der Waals surface area contributed by atoms with Crippen LogP contribution in [-0.2, 0) is 14.3 Å². The first-order valence-electron chi connectivity index (χ1n) is 13.9. The summed E-state index contributed by atoms with van der Waals surface area (Å²) in [5.74, 6) is -0.319. The molecule has 0 spiro atoms. The Morgan fingerprint density at radius 3 is 2.25 bits per heavy atom. The average Bonchev–Trinajstić information content (AvgIpc) is 2.96. The Hall–Kier alpha value is -3.81. The first-order chi connectivity index (χ1) is 19.3. The van der Waals surface area contributed by atoms with E-state index in [9.17, 15) is 14.7 Å². The van der Waals surface area contributed by atoms with E-state index in [4.69, 9.17) is 23.9 Å². The molecule has 0 aromatic heterocycles. The van der Waals surface area contributed by atoms with Gasteiger partial charge in [0, 0.05) is 29.3 Å². The Morgan fingerprint density at radius 2 is 1.55 bits per heavy atom. The van der Waals surface area contributed by atoms with Crippen molar-refractivity contribution < 1.29 is 33.6 Å². The summed E-state index contributed by atoms with van der Waals surface area (Å²) >= 11 is 0. The number of nitrogens with zero attached hydrogens (tertiary/aromatic N) is 1. The van der Waals surface area contributed by atoms with E-state index in [2.05, 4.69) is 0 Å². The fourth-order valence-electron chi connectivity index (χ4n) is 6.38. The maximum Gasteiger partial charge on any atom is 0.315 e. The zero-order valence-corrected chi connectivity index (χ0v) is 23.6. The monoisotopic (exact) mass is 547 g/mol. The third-order valence-corrected chi connectivity index (χ3v) is 8.42. The summed E-state index contributed by atoms with van der Waals surface area (Å²) in [6, 6.07) is 10.7. The van der Waals surface area contributed by atoms with Gasteiger partial charge in [0.05, 0.1) is 21.3 Å². The SMILES string of the molecule is COc1cc([C@@H]2C3=C(C[C@@H](c4ccc(OC)c(OC)c4)CC3=O)N=C(C)C2C(=O)OC2CCCCC2)ccc1O. The smallest absolute Gasteiger partial charge is 0.315 e. The molecular formula is C32H37NO7. The molecule has 1 unspecified atom stereocenters. The number of phenolic OH excluding ortho intramolecular Hbond substituents is 1. The third kappa shape index (κ3) is 5.31. The van der Waals surface area contributed by atoms with Gasteiger partial charge in [-0.15, -0.1) is 0 Å². The van der Waals surface area contributed by atoms with Gasteiger partial charge in [-0.2, -0.15) is 0 Å². The predicted molar refractivity (Wildman–Crippen MR) is 151 cm³/mol. The molecule has 3 atom stereocenters. The number of esters is 1. The van der Waals surface area contributed by atoms with Gasteiger partial charge >= 0.3 is 5.97 Å². The lowest BCUT2D eigenvalue weighted by molar-refractivity contribution is -0.153. The van der Waals surface area contributed by atoms with Crippen molar-refractivity contribution >= 4 is 17.5 Å². The number of ether oxygens (including phenoxy) is 4. The molecule has 2 aliphatic carbocycles. The second kappa shape index (κ2) is 11.7. The molecule has 40 heavy (non-hydrogen) atoms. The van der Waals surface area contributed by atoms with Crippen molar-refractivity contribution in [3.8, 4) is 23.0 Å². The van der Waals surface area contributed by atoms with Crippen LogP contribution in [0, 0.1) is 5.92 Å². The summed E-state index contributed by atoms with van der Waals surface area (Å²) in [5, 5.41) is 10.3. The van der Waals surface area contributed by atoms with Crippen molar-refractivity contribution in [1.82, 2.24) is 0 Å². The summed E-state index contributed by atoms with van der Waals surface area (Å²) < 4.78 is 22.3. The molecule has 0 bridgehead atoms. The van der Waals surface area contributed by atoms with E-state index in [0.717, 1.165) is 37.7 Å². The number of allylic oxidation sites excluding steroid dienone is 2. The number of Topliss-reactive ketones (excluding diaryl/α,β-unsaturated/α-hetero) is 1. The van der Waals surface area contributed by atoms with E-state index in [1.54, 1.807) is 32.4 Å². The summed E-state index contributed by atoms with van der Waals surface area (Å²) in [6.07, 6.45) is 5.65. The number of phenols is 1. The number of aliphatic imine (C=N–C) groups is 1. The molecule has 212 valence electrons. The molecule has 3 aliphatic rings. The van der Waals surface area contributed by atoms with Crippen LogP contribution in [0.25, 0.3) is 0 Å². The molecule has 1 N–H and O–H groups in total. The van der Waals surface area contributed by atoms with Crippen molar-refractivity contribution in [2.24, 2.45) is 10.9 Å². The highest BCUT2D eigenvalue weighted by molar-refractivity contribution is 6.09. The minimum Gasteiger partial charge on any atom is -0.504 e. The van der Waals surface area contributed by atoms with Crippen LogP contribution >= 0.6 is 0 Å². The number of ketones is 1. The molecule has 1 saturated carbocycles. The molecule has 5 rings (SSSR count). The lowest BCUT2D eigenvalue weighted by Gasteiger charge is -2.37. The van der Waals surface area contributed by atoms with Gasteiger partial charge in [0.15, 0.2) is 28.8 Å². The molecular weight excluding hydrogens is 510 g/mol. The first-order valence-corrected chi connectivity index (χ1v) is 13.9. The number of carbonyl (C=O) groups excluding carboxylic acids is 2. The van der Waals surface area contributed by atoms with E-state index >= 15 is 0 Å². The van der Waals surface area contributed by atoms with E-state index in [1.807, 2.05) is 25.1 Å². The lowest BCUT2D eigenvalue weighted by atomic mass is 9.69. The zero-order valence-electron chi connectivity index (χ0n) is 23.6. The second-order valence-electron chi connectivity index (χ2n) is 10.8. The van der Waals surface area contributed by atoms with E-state index in [1.165, 1.54) is 7.11 Å². The second-order valence-corrected chi connectivity index (χ2v) is 10.8. The Labute approximate surface area is 235 Å².